The Morgan fingerprint density at radius 1 is 1.35 bits per heavy atom. The summed E-state index contributed by atoms with van der Waals surface area (Å²) in [4.78, 5) is 21.1. The molecule has 0 atom stereocenters. The Hall–Kier alpha value is -1.97. The molecule has 10 heteroatoms. The van der Waals surface area contributed by atoms with E-state index in [1.807, 2.05) is 23.3 Å². The molecule has 0 aliphatic carbocycles. The SMILES string of the molecule is CCNC(=NCC(=O)N(C)CC(F)(F)F)N1CCN(c2cccs2)CC1. The van der Waals surface area contributed by atoms with Gasteiger partial charge in [-0.3, -0.25) is 4.79 Å². The Bertz CT molecular complexity index is 598. The van der Waals surface area contributed by atoms with Crippen molar-refractivity contribution >= 4 is 28.2 Å². The van der Waals surface area contributed by atoms with E-state index in [9.17, 15) is 18.0 Å². The van der Waals surface area contributed by atoms with Gasteiger partial charge in [0.1, 0.15) is 13.1 Å². The van der Waals surface area contributed by atoms with Gasteiger partial charge in [-0.05, 0) is 24.4 Å². The monoisotopic (exact) mass is 391 g/mol. The van der Waals surface area contributed by atoms with Crippen LogP contribution in [0.4, 0.5) is 18.2 Å². The lowest BCUT2D eigenvalue weighted by Gasteiger charge is -2.37. The van der Waals surface area contributed by atoms with E-state index in [-0.39, 0.29) is 6.54 Å². The molecule has 0 radical (unpaired) electrons. The minimum absolute atomic E-state index is 0.306. The zero-order valence-corrected chi connectivity index (χ0v) is 15.7. The van der Waals surface area contributed by atoms with E-state index in [0.29, 0.717) is 17.4 Å². The molecular formula is C16H24F3N5OS. The summed E-state index contributed by atoms with van der Waals surface area (Å²) in [5.74, 6) is -0.0953. The Morgan fingerprint density at radius 3 is 2.58 bits per heavy atom. The number of halogens is 3. The van der Waals surface area contributed by atoms with E-state index in [1.165, 1.54) is 5.00 Å². The van der Waals surface area contributed by atoms with Gasteiger partial charge in [0.2, 0.25) is 5.91 Å². The third kappa shape index (κ3) is 6.08. The topological polar surface area (TPSA) is 51.2 Å². The van der Waals surface area contributed by atoms with E-state index in [4.69, 9.17) is 0 Å². The molecule has 0 saturated carbocycles. The standard InChI is InChI=1S/C16H24F3N5OS/c1-3-20-15(21-11-13(25)22(2)12-16(17,18)19)24-8-6-23(7-9-24)14-5-4-10-26-14/h4-5,10H,3,6-9,11-12H2,1-2H3,(H,20,21). The third-order valence-electron chi connectivity index (χ3n) is 3.94. The zero-order chi connectivity index (χ0) is 19.2. The first-order valence-electron chi connectivity index (χ1n) is 8.42. The summed E-state index contributed by atoms with van der Waals surface area (Å²) in [6.07, 6.45) is -4.41. The molecule has 0 bridgehead atoms. The number of hydrogen-bond acceptors (Lipinski definition) is 4. The van der Waals surface area contributed by atoms with Gasteiger partial charge in [0.05, 0.1) is 5.00 Å². The fourth-order valence-electron chi connectivity index (χ4n) is 2.63. The lowest BCUT2D eigenvalue weighted by molar-refractivity contribution is -0.157. The molecule has 1 fully saturated rings. The summed E-state index contributed by atoms with van der Waals surface area (Å²) in [5.41, 5.74) is 0. The van der Waals surface area contributed by atoms with E-state index in [0.717, 1.165) is 33.2 Å². The second kappa shape index (κ2) is 9.11. The van der Waals surface area contributed by atoms with E-state index in [1.54, 1.807) is 11.3 Å². The molecule has 6 nitrogen and oxygen atoms in total. The number of piperazine rings is 1. The van der Waals surface area contributed by atoms with Crippen LogP contribution in [0.15, 0.2) is 22.5 Å². The number of carbonyl (C=O) groups excluding carboxylic acids is 1. The third-order valence-corrected chi connectivity index (χ3v) is 4.87. The van der Waals surface area contributed by atoms with Crippen LogP contribution < -0.4 is 10.2 Å². The smallest absolute Gasteiger partial charge is 0.360 e. The van der Waals surface area contributed by atoms with Crippen molar-refractivity contribution in [3.05, 3.63) is 17.5 Å². The fourth-order valence-corrected chi connectivity index (χ4v) is 3.42. The summed E-state index contributed by atoms with van der Waals surface area (Å²) in [6.45, 7) is 4.08. The Kier molecular flexibility index (Phi) is 7.13. The Labute approximate surface area is 155 Å². The van der Waals surface area contributed by atoms with Crippen molar-refractivity contribution in [2.24, 2.45) is 4.99 Å². The first-order valence-corrected chi connectivity index (χ1v) is 9.30. The highest BCUT2D eigenvalue weighted by Crippen LogP contribution is 2.22. The number of thiophene rings is 1. The summed E-state index contributed by atoms with van der Waals surface area (Å²) < 4.78 is 37.1. The number of anilines is 1. The van der Waals surface area contributed by atoms with Crippen LogP contribution in [-0.4, -0.2) is 80.7 Å². The summed E-state index contributed by atoms with van der Waals surface area (Å²) >= 11 is 1.69. The van der Waals surface area contributed by atoms with Gasteiger partial charge in [-0.15, -0.1) is 11.3 Å². The molecule has 146 valence electrons. The molecule has 0 spiro atoms. The Balaban J connectivity index is 1.91. The van der Waals surface area contributed by atoms with Crippen LogP contribution >= 0.6 is 11.3 Å². The maximum absolute atomic E-state index is 12.4. The number of rotatable bonds is 5. The minimum Gasteiger partial charge on any atom is -0.360 e. The number of guanidine groups is 1. The van der Waals surface area contributed by atoms with Gasteiger partial charge in [0, 0.05) is 39.8 Å². The van der Waals surface area contributed by atoms with Gasteiger partial charge in [-0.25, -0.2) is 4.99 Å². The molecule has 1 aliphatic rings. The second-order valence-corrected chi connectivity index (χ2v) is 6.89. The molecule has 2 rings (SSSR count). The van der Waals surface area contributed by atoms with Crippen molar-refractivity contribution in [1.82, 2.24) is 15.1 Å². The second-order valence-electron chi connectivity index (χ2n) is 5.96. The number of carbonyl (C=O) groups is 1. The minimum atomic E-state index is -4.41. The predicted octanol–water partition coefficient (Wildman–Crippen LogP) is 1.86. The first kappa shape index (κ1) is 20.3. The highest BCUT2D eigenvalue weighted by atomic mass is 32.1. The molecular weight excluding hydrogens is 367 g/mol. The van der Waals surface area contributed by atoms with Gasteiger partial charge in [-0.1, -0.05) is 0 Å². The maximum atomic E-state index is 12.4. The maximum Gasteiger partial charge on any atom is 0.406 e. The fraction of sp³-hybridized carbons (Fsp3) is 0.625. The molecule has 0 unspecified atom stereocenters. The van der Waals surface area contributed by atoms with Crippen molar-refractivity contribution in [2.75, 3.05) is 57.8 Å². The van der Waals surface area contributed by atoms with Gasteiger partial charge >= 0.3 is 6.18 Å². The zero-order valence-electron chi connectivity index (χ0n) is 14.9. The van der Waals surface area contributed by atoms with Crippen molar-refractivity contribution in [1.29, 1.82) is 0 Å². The van der Waals surface area contributed by atoms with Crippen molar-refractivity contribution in [2.45, 2.75) is 13.1 Å². The highest BCUT2D eigenvalue weighted by Gasteiger charge is 2.31. The molecule has 1 saturated heterocycles. The van der Waals surface area contributed by atoms with E-state index < -0.39 is 18.6 Å². The van der Waals surface area contributed by atoms with E-state index >= 15 is 0 Å². The van der Waals surface area contributed by atoms with Gasteiger partial charge in [0.25, 0.3) is 0 Å². The summed E-state index contributed by atoms with van der Waals surface area (Å²) in [6, 6.07) is 4.09. The average molecular weight is 391 g/mol. The molecule has 0 aromatic carbocycles. The molecule has 2 heterocycles. The van der Waals surface area contributed by atoms with Crippen LogP contribution in [0.1, 0.15) is 6.92 Å². The average Bonchev–Trinajstić information content (AvgIpc) is 3.11. The number of amides is 1. The predicted molar refractivity (Wildman–Crippen MR) is 97.8 cm³/mol. The molecule has 1 aromatic rings. The van der Waals surface area contributed by atoms with E-state index in [2.05, 4.69) is 21.3 Å². The number of aliphatic imine (C=N–C) groups is 1. The van der Waals surface area contributed by atoms with Gasteiger partial charge < -0.3 is 20.0 Å². The Morgan fingerprint density at radius 2 is 2.04 bits per heavy atom. The van der Waals surface area contributed by atoms with Gasteiger partial charge in [0.15, 0.2) is 5.96 Å². The largest absolute Gasteiger partial charge is 0.406 e. The van der Waals surface area contributed by atoms with Gasteiger partial charge in [-0.2, -0.15) is 13.2 Å². The van der Waals surface area contributed by atoms with Crippen LogP contribution in [0.3, 0.4) is 0 Å². The molecule has 26 heavy (non-hydrogen) atoms. The van der Waals surface area contributed by atoms with Crippen molar-refractivity contribution in [3.8, 4) is 0 Å². The summed E-state index contributed by atoms with van der Waals surface area (Å²) in [5, 5.41) is 6.37. The van der Waals surface area contributed by atoms with Crippen LogP contribution in [0.2, 0.25) is 0 Å². The molecule has 1 aliphatic heterocycles. The molecule has 1 N–H and O–H groups in total. The lowest BCUT2D eigenvalue weighted by atomic mass is 10.3. The van der Waals surface area contributed by atoms with Crippen molar-refractivity contribution in [3.63, 3.8) is 0 Å². The number of alkyl halides is 3. The van der Waals surface area contributed by atoms with Crippen LogP contribution in [0.25, 0.3) is 0 Å². The van der Waals surface area contributed by atoms with Crippen LogP contribution in [0, 0.1) is 0 Å². The lowest BCUT2D eigenvalue weighted by Crippen LogP contribution is -2.52. The quantitative estimate of drug-likeness (QED) is 0.615. The van der Waals surface area contributed by atoms with Crippen LogP contribution in [-0.2, 0) is 4.79 Å². The van der Waals surface area contributed by atoms with Crippen LogP contribution in [0.5, 0.6) is 0 Å². The summed E-state index contributed by atoms with van der Waals surface area (Å²) in [7, 11) is 1.14. The first-order chi connectivity index (χ1) is 12.3. The van der Waals surface area contributed by atoms with Crippen molar-refractivity contribution < 1.29 is 18.0 Å². The number of likely N-dealkylation sites (N-methyl/N-ethyl adjacent to an activating group) is 1. The number of hydrogen-bond donors (Lipinski definition) is 1. The molecule has 1 amide bonds. The number of nitrogens with one attached hydrogen (secondary N) is 1. The molecule has 1 aromatic heterocycles. The normalized spacial score (nSPS) is 16.0. The highest BCUT2D eigenvalue weighted by molar-refractivity contribution is 7.14. The number of nitrogens with zero attached hydrogens (tertiary/aromatic N) is 4.